The molecule has 1 radical (unpaired) electrons. The van der Waals surface area contributed by atoms with Crippen molar-refractivity contribution in [1.29, 1.82) is 0 Å². The van der Waals surface area contributed by atoms with E-state index in [1.165, 1.54) is 24.3 Å². The fraction of sp³-hybridized carbons (Fsp3) is 0.0476. The zero-order chi connectivity index (χ0) is 22.7. The monoisotopic (exact) mass is 449 g/mol. The van der Waals surface area contributed by atoms with Crippen molar-refractivity contribution in [3.63, 3.8) is 0 Å². The number of aromatic hydroxyl groups is 1. The highest BCUT2D eigenvalue weighted by molar-refractivity contribution is 7.88. The van der Waals surface area contributed by atoms with E-state index >= 15 is 0 Å². The van der Waals surface area contributed by atoms with Gasteiger partial charge < -0.3 is 15.4 Å². The summed E-state index contributed by atoms with van der Waals surface area (Å²) < 4.78 is 22.5. The fourth-order valence-corrected chi connectivity index (χ4v) is 3.49. The Kier molecular flexibility index (Phi) is 5.67. The van der Waals surface area contributed by atoms with Gasteiger partial charge in [-0.1, -0.05) is 6.07 Å². The first-order valence-corrected chi connectivity index (χ1v) is 10.8. The minimum atomic E-state index is -4.06. The van der Waals surface area contributed by atoms with Crippen LogP contribution in [-0.2, 0) is 16.6 Å². The molecule has 0 spiro atoms. The number of nitrogens with one attached hydrogen (secondary N) is 3. The summed E-state index contributed by atoms with van der Waals surface area (Å²) >= 11 is 0. The zero-order valence-corrected chi connectivity index (χ0v) is 17.3. The highest BCUT2D eigenvalue weighted by Gasteiger charge is 2.14. The zero-order valence-electron chi connectivity index (χ0n) is 16.5. The number of H-pyrrole nitrogens is 1. The van der Waals surface area contributed by atoms with Crippen LogP contribution in [0.15, 0.2) is 82.1 Å². The fourth-order valence-electron chi connectivity index (χ4n) is 2.99. The molecule has 0 saturated heterocycles. The first-order valence-electron chi connectivity index (χ1n) is 9.34. The van der Waals surface area contributed by atoms with E-state index in [0.29, 0.717) is 28.7 Å². The van der Waals surface area contributed by atoms with E-state index in [1.807, 2.05) is 6.07 Å². The van der Waals surface area contributed by atoms with Crippen molar-refractivity contribution in [2.24, 2.45) is 10.2 Å². The smallest absolute Gasteiger partial charge is 0.254 e. The van der Waals surface area contributed by atoms with Crippen LogP contribution in [-0.4, -0.2) is 29.4 Å². The third kappa shape index (κ3) is 4.63. The molecular weight excluding hydrogens is 432 g/mol. The van der Waals surface area contributed by atoms with Gasteiger partial charge in [-0.3, -0.25) is 9.78 Å². The van der Waals surface area contributed by atoms with Crippen molar-refractivity contribution < 1.29 is 18.3 Å². The number of sulfonamides is 1. The molecule has 1 amide bonds. The Balaban J connectivity index is 1.57. The Morgan fingerprint density at radius 1 is 1.12 bits per heavy atom. The van der Waals surface area contributed by atoms with Gasteiger partial charge in [0, 0.05) is 29.9 Å². The maximum absolute atomic E-state index is 12.5. The molecule has 0 aliphatic rings. The number of aromatic amines is 1. The average molecular weight is 449 g/mol. The summed E-state index contributed by atoms with van der Waals surface area (Å²) in [6.07, 6.45) is 3.32. The molecule has 0 saturated carbocycles. The molecule has 11 heteroatoms. The quantitative estimate of drug-likeness (QED) is 0.383. The third-order valence-corrected chi connectivity index (χ3v) is 5.50. The van der Waals surface area contributed by atoms with Crippen molar-refractivity contribution in [2.45, 2.75) is 11.4 Å². The van der Waals surface area contributed by atoms with Gasteiger partial charge in [-0.05, 0) is 54.1 Å². The van der Waals surface area contributed by atoms with E-state index < -0.39 is 10.0 Å². The van der Waals surface area contributed by atoms with Gasteiger partial charge in [-0.25, -0.2) is 8.42 Å². The molecule has 0 aliphatic heterocycles. The van der Waals surface area contributed by atoms with Crippen LogP contribution >= 0.6 is 0 Å². The molecule has 32 heavy (non-hydrogen) atoms. The maximum Gasteiger partial charge on any atom is 0.254 e. The van der Waals surface area contributed by atoms with Crippen LogP contribution in [0.1, 0.15) is 15.9 Å². The van der Waals surface area contributed by atoms with E-state index in [9.17, 15) is 18.3 Å². The second kappa shape index (κ2) is 8.57. The Morgan fingerprint density at radius 2 is 1.91 bits per heavy atom. The number of fused-ring (bicyclic) bond motifs is 1. The summed E-state index contributed by atoms with van der Waals surface area (Å²) in [4.78, 5) is 19.2. The van der Waals surface area contributed by atoms with Crippen molar-refractivity contribution in [3.8, 4) is 5.88 Å². The highest BCUT2D eigenvalue weighted by atomic mass is 32.2. The number of carbonyl (C=O) groups is 1. The van der Waals surface area contributed by atoms with Gasteiger partial charge in [0.05, 0.1) is 16.1 Å². The summed E-state index contributed by atoms with van der Waals surface area (Å²) in [5, 5.41) is 28.7. The maximum atomic E-state index is 12.5. The van der Waals surface area contributed by atoms with Crippen LogP contribution in [0.5, 0.6) is 5.88 Å². The Labute approximate surface area is 182 Å². The van der Waals surface area contributed by atoms with E-state index in [-0.39, 0.29) is 22.4 Å². The van der Waals surface area contributed by atoms with Crippen molar-refractivity contribution in [3.05, 3.63) is 78.1 Å². The van der Waals surface area contributed by atoms with Crippen molar-refractivity contribution in [2.75, 3.05) is 0 Å². The number of hydrogen-bond donors (Lipinski definition) is 3. The third-order valence-electron chi connectivity index (χ3n) is 4.60. The summed E-state index contributed by atoms with van der Waals surface area (Å²) in [7, 11) is -4.06. The van der Waals surface area contributed by atoms with Gasteiger partial charge in [-0.15, -0.1) is 10.3 Å². The number of hydrogen-bond acceptors (Lipinski definition) is 7. The average Bonchev–Trinajstić information content (AvgIpc) is 3.10. The minimum absolute atomic E-state index is 0.138. The number of pyridine rings is 1. The summed E-state index contributed by atoms with van der Waals surface area (Å²) in [5.74, 6) is -0.520. The molecule has 0 bridgehead atoms. The predicted octanol–water partition coefficient (Wildman–Crippen LogP) is 3.59. The lowest BCUT2D eigenvalue weighted by Gasteiger charge is -2.05. The Morgan fingerprint density at radius 3 is 2.59 bits per heavy atom. The number of aromatic nitrogens is 2. The van der Waals surface area contributed by atoms with E-state index in [2.05, 4.69) is 25.5 Å². The van der Waals surface area contributed by atoms with Crippen molar-refractivity contribution in [1.82, 2.24) is 20.4 Å². The van der Waals surface area contributed by atoms with Crippen LogP contribution < -0.4 is 10.5 Å². The molecule has 4 N–H and O–H groups in total. The Hall–Kier alpha value is -4.09. The molecule has 2 aromatic heterocycles. The molecule has 10 nitrogen and oxygen atoms in total. The molecule has 0 unspecified atom stereocenters. The van der Waals surface area contributed by atoms with Crippen LogP contribution in [0, 0.1) is 0 Å². The van der Waals surface area contributed by atoms with Gasteiger partial charge >= 0.3 is 0 Å². The first kappa shape index (κ1) is 21.2. The number of amides is 1. The molecule has 2 aromatic carbocycles. The molecular formula is C21H17N6O4S. The van der Waals surface area contributed by atoms with Gasteiger partial charge in [0.25, 0.3) is 15.9 Å². The van der Waals surface area contributed by atoms with Crippen LogP contribution in [0.3, 0.4) is 0 Å². The molecule has 161 valence electrons. The van der Waals surface area contributed by atoms with E-state index in [4.69, 9.17) is 5.14 Å². The molecule has 0 aliphatic carbocycles. The van der Waals surface area contributed by atoms with Crippen molar-refractivity contribution >= 4 is 38.2 Å². The van der Waals surface area contributed by atoms with Gasteiger partial charge in [0.2, 0.25) is 5.88 Å². The number of benzene rings is 2. The normalized spacial score (nSPS) is 11.8. The first-order chi connectivity index (χ1) is 15.3. The second-order valence-corrected chi connectivity index (χ2v) is 8.30. The molecule has 0 atom stereocenters. The number of azo groups is 1. The lowest BCUT2D eigenvalue weighted by atomic mass is 10.1. The topological polar surface area (TPSA) is 161 Å². The highest BCUT2D eigenvalue weighted by Crippen LogP contribution is 2.36. The summed E-state index contributed by atoms with van der Waals surface area (Å²) in [6, 6.07) is 13.8. The SMILES string of the molecule is [NH]S(=O)(=O)c1ccc(N=Nc2c(O)[nH]c3ccc(C(=O)NCc4cccnc4)cc23)cc1. The van der Waals surface area contributed by atoms with Crippen LogP contribution in [0.4, 0.5) is 11.4 Å². The molecule has 2 heterocycles. The molecule has 0 fully saturated rings. The molecule has 4 aromatic rings. The minimum Gasteiger partial charge on any atom is -0.493 e. The second-order valence-electron chi connectivity index (χ2n) is 6.82. The van der Waals surface area contributed by atoms with Crippen LogP contribution in [0.2, 0.25) is 0 Å². The Bertz CT molecular complexity index is 1410. The molecule has 4 rings (SSSR count). The van der Waals surface area contributed by atoms with E-state index in [1.54, 1.807) is 36.7 Å². The van der Waals surface area contributed by atoms with Gasteiger partial charge in [0.15, 0.2) is 5.69 Å². The lowest BCUT2D eigenvalue weighted by Crippen LogP contribution is -2.22. The summed E-state index contributed by atoms with van der Waals surface area (Å²) in [5.41, 5.74) is 2.27. The number of nitrogens with zero attached hydrogens (tertiary/aromatic N) is 3. The number of carbonyl (C=O) groups excluding carboxylic acids is 1. The summed E-state index contributed by atoms with van der Waals surface area (Å²) in [6.45, 7) is 0.319. The predicted molar refractivity (Wildman–Crippen MR) is 116 cm³/mol. The van der Waals surface area contributed by atoms with Gasteiger partial charge in [0.1, 0.15) is 0 Å². The van der Waals surface area contributed by atoms with E-state index in [0.717, 1.165) is 5.56 Å². The standard InChI is InChI=1S/C21H17N6O4S/c22-32(30,31)16-6-4-15(5-7-16)26-27-19-17-10-14(3-8-18(17)25-21(19)29)20(28)24-12-13-2-1-9-23-11-13/h1-11,22,25,29H,12H2,(H,24,28). The largest absolute Gasteiger partial charge is 0.493 e. The lowest BCUT2D eigenvalue weighted by molar-refractivity contribution is 0.0951. The van der Waals surface area contributed by atoms with Gasteiger partial charge in [-0.2, -0.15) is 5.11 Å². The van der Waals surface area contributed by atoms with Crippen LogP contribution in [0.25, 0.3) is 10.9 Å². The number of rotatable bonds is 6.